The molecule has 0 aliphatic heterocycles. The smallest absolute Gasteiger partial charge is 0.217 e. The second-order valence-corrected chi connectivity index (χ2v) is 6.24. The van der Waals surface area contributed by atoms with Crippen molar-refractivity contribution in [3.63, 3.8) is 0 Å². The molecule has 0 radical (unpaired) electrons. The zero-order valence-electron chi connectivity index (χ0n) is 13.4. The summed E-state index contributed by atoms with van der Waals surface area (Å²) in [7, 11) is 0. The van der Waals surface area contributed by atoms with Crippen LogP contribution in [0.3, 0.4) is 0 Å². The van der Waals surface area contributed by atoms with Gasteiger partial charge in [-0.3, -0.25) is 5.10 Å². The number of furan rings is 1. The van der Waals surface area contributed by atoms with Crippen molar-refractivity contribution in [3.05, 3.63) is 35.9 Å². The summed E-state index contributed by atoms with van der Waals surface area (Å²) in [6, 6.07) is 2.31. The molecular weight excluding hydrogens is 292 g/mol. The summed E-state index contributed by atoms with van der Waals surface area (Å²) in [6.45, 7) is 4.24. The van der Waals surface area contributed by atoms with E-state index >= 15 is 0 Å². The van der Waals surface area contributed by atoms with E-state index in [1.807, 2.05) is 13.0 Å². The van der Waals surface area contributed by atoms with Crippen molar-refractivity contribution < 1.29 is 4.42 Å². The topological polar surface area (TPSA) is 85.4 Å². The molecule has 0 bridgehead atoms. The summed E-state index contributed by atoms with van der Waals surface area (Å²) in [5.41, 5.74) is 1.06. The zero-order valence-corrected chi connectivity index (χ0v) is 13.4. The van der Waals surface area contributed by atoms with Crippen molar-refractivity contribution >= 4 is 0 Å². The summed E-state index contributed by atoms with van der Waals surface area (Å²) in [5, 5.41) is 11.5. The average molecular weight is 312 g/mol. The van der Waals surface area contributed by atoms with Gasteiger partial charge in [-0.15, -0.1) is 5.10 Å². The third-order valence-corrected chi connectivity index (χ3v) is 4.51. The molecule has 3 aromatic heterocycles. The first kappa shape index (κ1) is 14.2. The maximum Gasteiger partial charge on any atom is 0.217 e. The Morgan fingerprint density at radius 2 is 2.26 bits per heavy atom. The van der Waals surface area contributed by atoms with Gasteiger partial charge in [0.1, 0.15) is 18.0 Å². The third kappa shape index (κ3) is 2.78. The molecule has 7 nitrogen and oxygen atoms in total. The van der Waals surface area contributed by atoms with Crippen LogP contribution in [0.5, 0.6) is 0 Å². The van der Waals surface area contributed by atoms with Crippen LogP contribution < -0.4 is 0 Å². The first-order valence-electron chi connectivity index (χ1n) is 8.06. The number of hydrogen-bond donors (Lipinski definition) is 1. The highest BCUT2D eigenvalue weighted by atomic mass is 16.3. The van der Waals surface area contributed by atoms with Crippen LogP contribution in [-0.4, -0.2) is 29.9 Å². The van der Waals surface area contributed by atoms with E-state index in [9.17, 15) is 0 Å². The molecule has 1 fully saturated rings. The quantitative estimate of drug-likeness (QED) is 0.756. The van der Waals surface area contributed by atoms with Crippen molar-refractivity contribution in [2.75, 3.05) is 0 Å². The van der Waals surface area contributed by atoms with E-state index < -0.39 is 0 Å². The van der Waals surface area contributed by atoms with Gasteiger partial charge in [-0.1, -0.05) is 0 Å². The zero-order chi connectivity index (χ0) is 15.8. The first-order valence-corrected chi connectivity index (χ1v) is 8.06. The molecule has 1 atom stereocenters. The Morgan fingerprint density at radius 1 is 1.39 bits per heavy atom. The molecule has 1 N–H and O–H groups in total. The molecule has 0 aromatic carbocycles. The summed E-state index contributed by atoms with van der Waals surface area (Å²) in [6.07, 6.45) is 7.31. The Bertz CT molecular complexity index is 783. The Hall–Kier alpha value is -2.44. The molecule has 3 aromatic rings. The van der Waals surface area contributed by atoms with Crippen LogP contribution in [0, 0.1) is 12.8 Å². The maximum atomic E-state index is 5.56. The lowest BCUT2D eigenvalue weighted by Crippen LogP contribution is -2.13. The summed E-state index contributed by atoms with van der Waals surface area (Å²) in [5.74, 6) is 3.99. The van der Waals surface area contributed by atoms with E-state index in [0.29, 0.717) is 17.8 Å². The molecule has 1 unspecified atom stereocenters. The summed E-state index contributed by atoms with van der Waals surface area (Å²) in [4.78, 5) is 8.92. The standard InChI is InChI=1S/C16H20N6O/c1-10-7-8-23-15(10)16-19-14(6-5-13-17-9-18-20-13)22(21-16)11(2)12-3-4-12/h7-9,11-12H,3-6H2,1-2H3,(H,17,18,20). The largest absolute Gasteiger partial charge is 0.461 e. The first-order chi connectivity index (χ1) is 11.2. The molecule has 4 rings (SSSR count). The van der Waals surface area contributed by atoms with Gasteiger partial charge in [0.15, 0.2) is 5.76 Å². The molecule has 0 saturated heterocycles. The number of aromatic nitrogens is 6. The molecule has 7 heteroatoms. The molecule has 1 aliphatic rings. The summed E-state index contributed by atoms with van der Waals surface area (Å²) < 4.78 is 7.63. The molecule has 23 heavy (non-hydrogen) atoms. The fourth-order valence-electron chi connectivity index (χ4n) is 2.91. The molecule has 1 saturated carbocycles. The normalized spacial score (nSPS) is 15.9. The second-order valence-electron chi connectivity index (χ2n) is 6.24. The number of nitrogens with one attached hydrogen (secondary N) is 1. The molecule has 0 amide bonds. The third-order valence-electron chi connectivity index (χ3n) is 4.51. The highest BCUT2D eigenvalue weighted by Crippen LogP contribution is 2.40. The fraction of sp³-hybridized carbons (Fsp3) is 0.500. The lowest BCUT2D eigenvalue weighted by atomic mass is 10.2. The van der Waals surface area contributed by atoms with Gasteiger partial charge in [0.2, 0.25) is 5.82 Å². The number of aromatic amines is 1. The van der Waals surface area contributed by atoms with Crippen LogP contribution in [0.25, 0.3) is 11.6 Å². The van der Waals surface area contributed by atoms with Crippen molar-refractivity contribution in [1.29, 1.82) is 0 Å². The summed E-state index contributed by atoms with van der Waals surface area (Å²) >= 11 is 0. The van der Waals surface area contributed by atoms with Crippen LogP contribution in [0.1, 0.15) is 43.0 Å². The fourth-order valence-corrected chi connectivity index (χ4v) is 2.91. The number of H-pyrrole nitrogens is 1. The monoisotopic (exact) mass is 312 g/mol. The van der Waals surface area contributed by atoms with Gasteiger partial charge < -0.3 is 4.42 Å². The van der Waals surface area contributed by atoms with Gasteiger partial charge in [-0.25, -0.2) is 14.6 Å². The van der Waals surface area contributed by atoms with Crippen LogP contribution in [-0.2, 0) is 12.8 Å². The average Bonchev–Trinajstić information content (AvgIpc) is 2.95. The SMILES string of the molecule is Cc1ccoc1-c1nc(CCc2ncn[nH]2)n(C(C)C2CC2)n1. The number of nitrogens with zero attached hydrogens (tertiary/aromatic N) is 5. The maximum absolute atomic E-state index is 5.56. The van der Waals surface area contributed by atoms with Gasteiger partial charge in [-0.2, -0.15) is 5.10 Å². The Balaban J connectivity index is 1.64. The predicted octanol–water partition coefficient (Wildman–Crippen LogP) is 2.72. The number of hydrogen-bond acceptors (Lipinski definition) is 5. The van der Waals surface area contributed by atoms with Crippen LogP contribution in [0.15, 0.2) is 23.1 Å². The van der Waals surface area contributed by atoms with E-state index in [4.69, 9.17) is 14.5 Å². The van der Waals surface area contributed by atoms with Gasteiger partial charge in [-0.05, 0) is 44.2 Å². The highest BCUT2D eigenvalue weighted by Gasteiger charge is 2.32. The van der Waals surface area contributed by atoms with Gasteiger partial charge in [0, 0.05) is 12.8 Å². The van der Waals surface area contributed by atoms with Crippen molar-refractivity contribution in [2.45, 2.75) is 45.6 Å². The van der Waals surface area contributed by atoms with Crippen LogP contribution in [0.4, 0.5) is 0 Å². The van der Waals surface area contributed by atoms with Crippen molar-refractivity contribution in [1.82, 2.24) is 29.9 Å². The lowest BCUT2D eigenvalue weighted by Gasteiger charge is -2.13. The molecular formula is C16H20N6O. The van der Waals surface area contributed by atoms with Crippen molar-refractivity contribution in [3.8, 4) is 11.6 Å². The molecule has 3 heterocycles. The minimum Gasteiger partial charge on any atom is -0.461 e. The Kier molecular flexibility index (Phi) is 3.48. The van der Waals surface area contributed by atoms with E-state index in [0.717, 1.165) is 35.8 Å². The van der Waals surface area contributed by atoms with Crippen LogP contribution in [0.2, 0.25) is 0 Å². The number of aryl methyl sites for hydroxylation is 3. The minimum absolute atomic E-state index is 0.372. The van der Waals surface area contributed by atoms with Crippen LogP contribution >= 0.6 is 0 Å². The molecule has 0 spiro atoms. The van der Waals surface area contributed by atoms with E-state index in [2.05, 4.69) is 26.8 Å². The van der Waals surface area contributed by atoms with E-state index in [1.54, 1.807) is 6.26 Å². The van der Waals surface area contributed by atoms with Gasteiger partial charge >= 0.3 is 0 Å². The van der Waals surface area contributed by atoms with Gasteiger partial charge in [0.25, 0.3) is 0 Å². The van der Waals surface area contributed by atoms with E-state index in [-0.39, 0.29) is 0 Å². The second kappa shape index (κ2) is 5.64. The van der Waals surface area contributed by atoms with Gasteiger partial charge in [0.05, 0.1) is 12.3 Å². The highest BCUT2D eigenvalue weighted by molar-refractivity contribution is 5.51. The molecule has 120 valence electrons. The van der Waals surface area contributed by atoms with Crippen molar-refractivity contribution in [2.24, 2.45) is 5.92 Å². The molecule has 1 aliphatic carbocycles. The number of rotatable bonds is 6. The Labute approximate surface area is 134 Å². The van der Waals surface area contributed by atoms with E-state index in [1.165, 1.54) is 19.2 Å². The predicted molar refractivity (Wildman–Crippen MR) is 83.7 cm³/mol. The lowest BCUT2D eigenvalue weighted by molar-refractivity contribution is 0.421. The Morgan fingerprint density at radius 3 is 2.91 bits per heavy atom. The minimum atomic E-state index is 0.372.